The maximum Gasteiger partial charge on any atom is 0.245 e. The summed E-state index contributed by atoms with van der Waals surface area (Å²) in [6, 6.07) is 6.93. The van der Waals surface area contributed by atoms with Crippen LogP contribution in [0.5, 0.6) is 5.75 Å². The number of carbonyl (C=O) groups is 2. The number of methoxy groups -OCH3 is 1. The van der Waals surface area contributed by atoms with E-state index in [9.17, 15) is 9.59 Å². The van der Waals surface area contributed by atoms with Gasteiger partial charge in [-0.2, -0.15) is 5.10 Å². The van der Waals surface area contributed by atoms with Crippen molar-refractivity contribution in [2.75, 3.05) is 26.7 Å². The normalized spacial score (nSPS) is 22.2. The van der Waals surface area contributed by atoms with E-state index in [1.54, 1.807) is 16.7 Å². The number of rotatable bonds is 6. The van der Waals surface area contributed by atoms with Gasteiger partial charge in [-0.25, -0.2) is 4.68 Å². The van der Waals surface area contributed by atoms with E-state index in [0.717, 1.165) is 23.5 Å². The van der Waals surface area contributed by atoms with E-state index < -0.39 is 6.04 Å². The SMILES string of the molecule is COc1ccccc1-n1cc(CN2CCN3C(=O)[C@@H](CC(C)C)NC(=O)[C@H]3C2)cn1. The molecule has 1 aromatic heterocycles. The summed E-state index contributed by atoms with van der Waals surface area (Å²) in [5, 5.41) is 7.40. The second kappa shape index (κ2) is 8.47. The molecule has 4 rings (SSSR count). The summed E-state index contributed by atoms with van der Waals surface area (Å²) < 4.78 is 7.22. The zero-order chi connectivity index (χ0) is 21.3. The molecule has 2 atom stereocenters. The molecule has 0 saturated carbocycles. The molecule has 0 bridgehead atoms. The highest BCUT2D eigenvalue weighted by Gasteiger charge is 2.43. The highest BCUT2D eigenvalue weighted by Crippen LogP contribution is 2.23. The fourth-order valence-electron chi connectivity index (χ4n) is 4.28. The van der Waals surface area contributed by atoms with Crippen molar-refractivity contribution in [1.29, 1.82) is 0 Å². The van der Waals surface area contributed by atoms with Crippen molar-refractivity contribution in [3.8, 4) is 11.4 Å². The van der Waals surface area contributed by atoms with E-state index in [1.165, 1.54) is 0 Å². The second-order valence-electron chi connectivity index (χ2n) is 8.44. The zero-order valence-corrected chi connectivity index (χ0v) is 17.7. The Morgan fingerprint density at radius 1 is 1.23 bits per heavy atom. The van der Waals surface area contributed by atoms with Gasteiger partial charge in [0, 0.05) is 37.9 Å². The molecule has 2 aliphatic rings. The summed E-state index contributed by atoms with van der Waals surface area (Å²) in [7, 11) is 1.64. The number of fused-ring (bicyclic) bond motifs is 1. The first kappa shape index (κ1) is 20.4. The summed E-state index contributed by atoms with van der Waals surface area (Å²) >= 11 is 0. The van der Waals surface area contributed by atoms with E-state index in [0.29, 0.717) is 32.0 Å². The third-order valence-electron chi connectivity index (χ3n) is 5.75. The van der Waals surface area contributed by atoms with Crippen LogP contribution in [-0.2, 0) is 16.1 Å². The van der Waals surface area contributed by atoms with Crippen LogP contribution in [0.25, 0.3) is 5.69 Å². The molecule has 2 aliphatic heterocycles. The summed E-state index contributed by atoms with van der Waals surface area (Å²) in [6.45, 7) is 6.65. The van der Waals surface area contributed by atoms with Crippen molar-refractivity contribution >= 4 is 11.8 Å². The number of nitrogens with zero attached hydrogens (tertiary/aromatic N) is 4. The fraction of sp³-hybridized carbons (Fsp3) is 0.500. The molecule has 160 valence electrons. The smallest absolute Gasteiger partial charge is 0.245 e. The van der Waals surface area contributed by atoms with Gasteiger partial charge < -0.3 is 15.0 Å². The first-order valence-electron chi connectivity index (χ1n) is 10.5. The fourth-order valence-corrected chi connectivity index (χ4v) is 4.28. The van der Waals surface area contributed by atoms with E-state index in [-0.39, 0.29) is 17.9 Å². The Bertz CT molecular complexity index is 925. The molecule has 0 aliphatic carbocycles. The number of aromatic nitrogens is 2. The zero-order valence-electron chi connectivity index (χ0n) is 17.7. The van der Waals surface area contributed by atoms with Crippen molar-refractivity contribution in [2.24, 2.45) is 5.92 Å². The van der Waals surface area contributed by atoms with E-state index in [4.69, 9.17) is 4.74 Å². The molecule has 3 heterocycles. The largest absolute Gasteiger partial charge is 0.494 e. The lowest BCUT2D eigenvalue weighted by atomic mass is 9.97. The Hall–Kier alpha value is -2.87. The van der Waals surface area contributed by atoms with Crippen LogP contribution < -0.4 is 10.1 Å². The number of benzene rings is 1. The molecule has 0 radical (unpaired) electrons. The molecular weight excluding hydrogens is 382 g/mol. The molecular formula is C22H29N5O3. The van der Waals surface area contributed by atoms with Crippen molar-refractivity contribution < 1.29 is 14.3 Å². The van der Waals surface area contributed by atoms with Gasteiger partial charge in [0.1, 0.15) is 23.5 Å². The number of piperazine rings is 2. The predicted molar refractivity (Wildman–Crippen MR) is 112 cm³/mol. The van der Waals surface area contributed by atoms with E-state index >= 15 is 0 Å². The number of hydrogen-bond acceptors (Lipinski definition) is 5. The van der Waals surface area contributed by atoms with Gasteiger partial charge in [0.15, 0.2) is 0 Å². The van der Waals surface area contributed by atoms with E-state index in [2.05, 4.69) is 29.2 Å². The van der Waals surface area contributed by atoms with Gasteiger partial charge in [-0.15, -0.1) is 0 Å². The van der Waals surface area contributed by atoms with Gasteiger partial charge in [-0.3, -0.25) is 14.5 Å². The average Bonchev–Trinajstić information content (AvgIpc) is 3.19. The Balaban J connectivity index is 1.42. The monoisotopic (exact) mass is 411 g/mol. The quantitative estimate of drug-likeness (QED) is 0.778. The molecule has 2 amide bonds. The molecule has 0 unspecified atom stereocenters. The lowest BCUT2D eigenvalue weighted by Gasteiger charge is -2.45. The minimum Gasteiger partial charge on any atom is -0.494 e. The van der Waals surface area contributed by atoms with Crippen LogP contribution in [0, 0.1) is 5.92 Å². The third-order valence-corrected chi connectivity index (χ3v) is 5.75. The summed E-state index contributed by atoms with van der Waals surface area (Å²) in [4.78, 5) is 29.4. The topological polar surface area (TPSA) is 79.7 Å². The first-order valence-corrected chi connectivity index (χ1v) is 10.5. The van der Waals surface area contributed by atoms with Crippen molar-refractivity contribution in [2.45, 2.75) is 38.9 Å². The van der Waals surface area contributed by atoms with Gasteiger partial charge in [0.05, 0.1) is 13.3 Å². The van der Waals surface area contributed by atoms with Crippen LogP contribution >= 0.6 is 0 Å². The van der Waals surface area contributed by atoms with Gasteiger partial charge in [0.25, 0.3) is 0 Å². The lowest BCUT2D eigenvalue weighted by Crippen LogP contribution is -2.69. The standard InChI is InChI=1S/C22H29N5O3/c1-15(2)10-17-22(29)26-9-8-25(14-19(26)21(28)24-17)12-16-11-23-27(13-16)18-6-4-5-7-20(18)30-3/h4-7,11,13,15,17,19H,8-10,12,14H2,1-3H3,(H,24,28)/t17-,19-/m1/s1. The van der Waals surface area contributed by atoms with Crippen molar-refractivity contribution in [3.63, 3.8) is 0 Å². The Labute approximate surface area is 176 Å². The van der Waals surface area contributed by atoms with Crippen LogP contribution in [0.1, 0.15) is 25.8 Å². The lowest BCUT2D eigenvalue weighted by molar-refractivity contribution is -0.153. The molecule has 1 N–H and O–H groups in total. The predicted octanol–water partition coefficient (Wildman–Crippen LogP) is 1.44. The van der Waals surface area contributed by atoms with Crippen LogP contribution in [0.15, 0.2) is 36.7 Å². The number of nitrogens with one attached hydrogen (secondary N) is 1. The second-order valence-corrected chi connectivity index (χ2v) is 8.44. The number of carbonyl (C=O) groups excluding carboxylic acids is 2. The molecule has 8 heteroatoms. The van der Waals surface area contributed by atoms with Crippen LogP contribution in [-0.4, -0.2) is 70.2 Å². The van der Waals surface area contributed by atoms with Gasteiger partial charge in [-0.1, -0.05) is 26.0 Å². The van der Waals surface area contributed by atoms with Crippen LogP contribution in [0.2, 0.25) is 0 Å². The maximum atomic E-state index is 12.8. The third kappa shape index (κ3) is 4.05. The van der Waals surface area contributed by atoms with Crippen LogP contribution in [0.4, 0.5) is 0 Å². The molecule has 2 fully saturated rings. The molecule has 2 aromatic rings. The summed E-state index contributed by atoms with van der Waals surface area (Å²) in [6.07, 6.45) is 4.50. The number of ether oxygens (including phenoxy) is 1. The average molecular weight is 412 g/mol. The van der Waals surface area contributed by atoms with Gasteiger partial charge in [-0.05, 0) is 24.5 Å². The maximum absolute atomic E-state index is 12.8. The molecule has 2 saturated heterocycles. The molecule has 0 spiro atoms. The molecule has 8 nitrogen and oxygen atoms in total. The Morgan fingerprint density at radius 3 is 2.80 bits per heavy atom. The van der Waals surface area contributed by atoms with Crippen molar-refractivity contribution in [3.05, 3.63) is 42.2 Å². The minimum absolute atomic E-state index is 0.0466. The Morgan fingerprint density at radius 2 is 2.03 bits per heavy atom. The highest BCUT2D eigenvalue weighted by atomic mass is 16.5. The molecule has 30 heavy (non-hydrogen) atoms. The highest BCUT2D eigenvalue weighted by molar-refractivity contribution is 5.97. The summed E-state index contributed by atoms with van der Waals surface area (Å²) in [5.41, 5.74) is 1.93. The number of hydrogen-bond donors (Lipinski definition) is 1. The van der Waals surface area contributed by atoms with Gasteiger partial charge in [0.2, 0.25) is 11.8 Å². The van der Waals surface area contributed by atoms with Crippen molar-refractivity contribution in [1.82, 2.24) is 24.9 Å². The number of amides is 2. The van der Waals surface area contributed by atoms with E-state index in [1.807, 2.05) is 36.7 Å². The minimum atomic E-state index is -0.418. The summed E-state index contributed by atoms with van der Waals surface area (Å²) in [5.74, 6) is 1.12. The first-order chi connectivity index (χ1) is 14.5. The Kier molecular flexibility index (Phi) is 5.76. The van der Waals surface area contributed by atoms with Gasteiger partial charge >= 0.3 is 0 Å². The number of para-hydroxylation sites is 2. The molecule has 1 aromatic carbocycles. The van der Waals surface area contributed by atoms with Crippen LogP contribution in [0.3, 0.4) is 0 Å².